The number of benzene rings is 2. The molecule has 2 aromatic carbocycles. The second-order valence-electron chi connectivity index (χ2n) is 4.43. The van der Waals surface area contributed by atoms with Crippen LogP contribution >= 0.6 is 0 Å². The molecule has 0 aromatic heterocycles. The van der Waals surface area contributed by atoms with Crippen LogP contribution in [0.3, 0.4) is 0 Å². The van der Waals surface area contributed by atoms with E-state index < -0.39 is 0 Å². The molecule has 0 radical (unpaired) electrons. The molecule has 0 saturated heterocycles. The first-order chi connectivity index (χ1) is 7.34. The summed E-state index contributed by atoms with van der Waals surface area (Å²) in [5.41, 5.74) is 8.97. The molecule has 0 aliphatic heterocycles. The fourth-order valence-electron chi connectivity index (χ4n) is 2.58. The van der Waals surface area contributed by atoms with Crippen molar-refractivity contribution in [3.05, 3.63) is 47.5 Å². The van der Waals surface area contributed by atoms with Crippen molar-refractivity contribution < 1.29 is 0 Å². The first-order valence-corrected chi connectivity index (χ1v) is 5.59. The minimum atomic E-state index is 0.360. The fourth-order valence-corrected chi connectivity index (χ4v) is 2.58. The van der Waals surface area contributed by atoms with E-state index in [-0.39, 0.29) is 0 Å². The monoisotopic (exact) mass is 197 g/mol. The molecule has 1 aliphatic rings. The van der Waals surface area contributed by atoms with E-state index >= 15 is 0 Å². The summed E-state index contributed by atoms with van der Waals surface area (Å²) in [4.78, 5) is 0. The van der Waals surface area contributed by atoms with E-state index in [4.69, 9.17) is 5.73 Å². The maximum Gasteiger partial charge on any atom is 0.00825 e. The van der Waals surface area contributed by atoms with Gasteiger partial charge in [-0.15, -0.1) is 0 Å². The molecule has 0 heterocycles. The van der Waals surface area contributed by atoms with Gasteiger partial charge in [-0.25, -0.2) is 0 Å². The van der Waals surface area contributed by atoms with Crippen LogP contribution in [0.2, 0.25) is 0 Å². The number of rotatable bonds is 0. The Morgan fingerprint density at radius 1 is 1.07 bits per heavy atom. The SMILES string of the molecule is NC1CCc2c(ccc3ccccc23)C1. The van der Waals surface area contributed by atoms with E-state index in [9.17, 15) is 0 Å². The molecule has 1 nitrogen and oxygen atoms in total. The first-order valence-electron chi connectivity index (χ1n) is 5.59. The second kappa shape index (κ2) is 3.35. The van der Waals surface area contributed by atoms with Crippen LogP contribution in [0, 0.1) is 0 Å². The zero-order chi connectivity index (χ0) is 10.3. The Morgan fingerprint density at radius 3 is 2.87 bits per heavy atom. The average molecular weight is 197 g/mol. The topological polar surface area (TPSA) is 26.0 Å². The van der Waals surface area contributed by atoms with Crippen LogP contribution in [-0.4, -0.2) is 6.04 Å². The smallest absolute Gasteiger partial charge is 0.00825 e. The van der Waals surface area contributed by atoms with Gasteiger partial charge >= 0.3 is 0 Å². The van der Waals surface area contributed by atoms with Gasteiger partial charge in [0.2, 0.25) is 0 Å². The molecule has 1 aliphatic carbocycles. The summed E-state index contributed by atoms with van der Waals surface area (Å²) < 4.78 is 0. The largest absolute Gasteiger partial charge is 0.327 e. The van der Waals surface area contributed by atoms with Crippen molar-refractivity contribution >= 4 is 10.8 Å². The van der Waals surface area contributed by atoms with Gasteiger partial charge in [0.05, 0.1) is 0 Å². The number of hydrogen-bond donors (Lipinski definition) is 1. The van der Waals surface area contributed by atoms with Crippen LogP contribution in [0.25, 0.3) is 10.8 Å². The Kier molecular flexibility index (Phi) is 2.00. The molecular weight excluding hydrogens is 182 g/mol. The standard InChI is InChI=1S/C14H15N/c15-12-7-8-14-11(9-12)6-5-10-3-1-2-4-13(10)14/h1-6,12H,7-9,15H2. The third-order valence-corrected chi connectivity index (χ3v) is 3.38. The lowest BCUT2D eigenvalue weighted by Crippen LogP contribution is -2.27. The van der Waals surface area contributed by atoms with E-state index in [1.807, 2.05) is 0 Å². The number of hydrogen-bond acceptors (Lipinski definition) is 1. The fraction of sp³-hybridized carbons (Fsp3) is 0.286. The van der Waals surface area contributed by atoms with Crippen LogP contribution in [-0.2, 0) is 12.8 Å². The Hall–Kier alpha value is -1.34. The molecule has 0 amide bonds. The van der Waals surface area contributed by atoms with Gasteiger partial charge in [0, 0.05) is 6.04 Å². The normalized spacial score (nSPS) is 20.2. The van der Waals surface area contributed by atoms with E-state index in [0.717, 1.165) is 19.3 Å². The van der Waals surface area contributed by atoms with Gasteiger partial charge in [0.1, 0.15) is 0 Å². The van der Waals surface area contributed by atoms with E-state index in [2.05, 4.69) is 36.4 Å². The highest BCUT2D eigenvalue weighted by Crippen LogP contribution is 2.28. The zero-order valence-electron chi connectivity index (χ0n) is 8.74. The number of fused-ring (bicyclic) bond motifs is 3. The Labute approximate surface area is 89.9 Å². The maximum absolute atomic E-state index is 5.99. The molecule has 0 saturated carbocycles. The highest BCUT2D eigenvalue weighted by molar-refractivity contribution is 5.87. The Bertz CT molecular complexity index is 502. The summed E-state index contributed by atoms with van der Waals surface area (Å²) in [5.74, 6) is 0. The summed E-state index contributed by atoms with van der Waals surface area (Å²) in [7, 11) is 0. The third kappa shape index (κ3) is 1.44. The Balaban J connectivity index is 2.25. The molecule has 76 valence electrons. The lowest BCUT2D eigenvalue weighted by molar-refractivity contribution is 0.579. The number of aryl methyl sites for hydroxylation is 1. The molecule has 1 atom stereocenters. The van der Waals surface area contributed by atoms with Crippen molar-refractivity contribution in [2.24, 2.45) is 5.73 Å². The molecule has 3 rings (SSSR count). The van der Waals surface area contributed by atoms with Crippen molar-refractivity contribution in [2.75, 3.05) is 0 Å². The highest BCUT2D eigenvalue weighted by Gasteiger charge is 2.16. The van der Waals surface area contributed by atoms with Crippen molar-refractivity contribution in [3.8, 4) is 0 Å². The first kappa shape index (κ1) is 8.93. The summed E-state index contributed by atoms with van der Waals surface area (Å²) in [6, 6.07) is 13.5. The minimum Gasteiger partial charge on any atom is -0.327 e. The molecule has 1 unspecified atom stereocenters. The molecule has 2 N–H and O–H groups in total. The average Bonchev–Trinajstić information content (AvgIpc) is 2.28. The van der Waals surface area contributed by atoms with Gasteiger partial charge in [-0.1, -0.05) is 36.4 Å². The molecular formula is C14H15N. The van der Waals surface area contributed by atoms with Crippen molar-refractivity contribution in [1.29, 1.82) is 0 Å². The van der Waals surface area contributed by atoms with Gasteiger partial charge in [-0.05, 0) is 41.2 Å². The van der Waals surface area contributed by atoms with E-state index in [1.165, 1.54) is 21.9 Å². The lowest BCUT2D eigenvalue weighted by atomic mass is 9.85. The van der Waals surface area contributed by atoms with Crippen molar-refractivity contribution in [3.63, 3.8) is 0 Å². The predicted octanol–water partition coefficient (Wildman–Crippen LogP) is 2.66. The summed E-state index contributed by atoms with van der Waals surface area (Å²) in [6.45, 7) is 0. The van der Waals surface area contributed by atoms with Gasteiger partial charge in [0.15, 0.2) is 0 Å². The summed E-state index contributed by atoms with van der Waals surface area (Å²) in [6.07, 6.45) is 3.30. The van der Waals surface area contributed by atoms with Gasteiger partial charge < -0.3 is 5.73 Å². The molecule has 2 aromatic rings. The molecule has 15 heavy (non-hydrogen) atoms. The van der Waals surface area contributed by atoms with Crippen LogP contribution in [0.15, 0.2) is 36.4 Å². The predicted molar refractivity (Wildman–Crippen MR) is 63.9 cm³/mol. The van der Waals surface area contributed by atoms with Gasteiger partial charge in [-0.2, -0.15) is 0 Å². The van der Waals surface area contributed by atoms with Crippen LogP contribution in [0.4, 0.5) is 0 Å². The third-order valence-electron chi connectivity index (χ3n) is 3.38. The van der Waals surface area contributed by atoms with Crippen LogP contribution in [0.5, 0.6) is 0 Å². The summed E-state index contributed by atoms with van der Waals surface area (Å²) >= 11 is 0. The summed E-state index contributed by atoms with van der Waals surface area (Å²) in [5, 5.41) is 2.77. The Morgan fingerprint density at radius 2 is 1.93 bits per heavy atom. The second-order valence-corrected chi connectivity index (χ2v) is 4.43. The quantitative estimate of drug-likeness (QED) is 0.690. The molecule has 0 bridgehead atoms. The van der Waals surface area contributed by atoms with Gasteiger partial charge in [-0.3, -0.25) is 0 Å². The number of nitrogens with two attached hydrogens (primary N) is 1. The highest BCUT2D eigenvalue weighted by atomic mass is 14.6. The lowest BCUT2D eigenvalue weighted by Gasteiger charge is -2.22. The minimum absolute atomic E-state index is 0.360. The molecule has 1 heteroatoms. The van der Waals surface area contributed by atoms with Crippen molar-refractivity contribution in [1.82, 2.24) is 0 Å². The molecule has 0 fully saturated rings. The van der Waals surface area contributed by atoms with Crippen LogP contribution < -0.4 is 5.73 Å². The van der Waals surface area contributed by atoms with Crippen molar-refractivity contribution in [2.45, 2.75) is 25.3 Å². The van der Waals surface area contributed by atoms with Gasteiger partial charge in [0.25, 0.3) is 0 Å². The maximum atomic E-state index is 5.99. The zero-order valence-corrected chi connectivity index (χ0v) is 8.74. The van der Waals surface area contributed by atoms with E-state index in [1.54, 1.807) is 0 Å². The molecule has 0 spiro atoms. The van der Waals surface area contributed by atoms with E-state index in [0.29, 0.717) is 6.04 Å². The van der Waals surface area contributed by atoms with Crippen LogP contribution in [0.1, 0.15) is 17.5 Å².